The molecule has 0 atom stereocenters. The van der Waals surface area contributed by atoms with Crippen molar-refractivity contribution in [3.63, 3.8) is 0 Å². The fourth-order valence-corrected chi connectivity index (χ4v) is 0.996. The molecule has 102 valence electrons. The highest BCUT2D eigenvalue weighted by molar-refractivity contribution is 5.75. The van der Waals surface area contributed by atoms with Crippen LogP contribution in [0.2, 0.25) is 0 Å². The second kappa shape index (κ2) is 14.9. The summed E-state index contributed by atoms with van der Waals surface area (Å²) in [6.07, 6.45) is 5.08. The lowest BCUT2D eigenvalue weighted by molar-refractivity contribution is -0.121. The molecular formula is C11H24N2O4. The van der Waals surface area contributed by atoms with Crippen molar-refractivity contribution in [2.45, 2.75) is 39.0 Å². The first kappa shape index (κ1) is 18.2. The number of nitrogens with one attached hydrogen (secondary N) is 1. The second-order valence-corrected chi connectivity index (χ2v) is 3.51. The molecule has 5 N–H and O–H groups in total. The largest absolute Gasteiger partial charge is 0.395 e. The Labute approximate surface area is 102 Å². The van der Waals surface area contributed by atoms with Gasteiger partial charge in [0.25, 0.3) is 0 Å². The number of aliphatic hydroxyl groups is 2. The minimum absolute atomic E-state index is 0.0285. The molecule has 0 aliphatic heterocycles. The van der Waals surface area contributed by atoms with Crippen LogP contribution in [0.3, 0.4) is 0 Å². The zero-order valence-corrected chi connectivity index (χ0v) is 10.4. The average Bonchev–Trinajstić information content (AvgIpc) is 2.32. The third-order valence-electron chi connectivity index (χ3n) is 1.85. The van der Waals surface area contributed by atoms with E-state index in [1.165, 1.54) is 12.8 Å². The minimum Gasteiger partial charge on any atom is -0.395 e. The Hall–Kier alpha value is -1.14. The number of rotatable bonds is 8. The van der Waals surface area contributed by atoms with Gasteiger partial charge in [-0.3, -0.25) is 9.59 Å². The first-order valence-electron chi connectivity index (χ1n) is 5.85. The van der Waals surface area contributed by atoms with Gasteiger partial charge in [0.2, 0.25) is 11.8 Å². The number of nitrogens with two attached hydrogens (primary N) is 1. The molecule has 0 bridgehead atoms. The van der Waals surface area contributed by atoms with Gasteiger partial charge < -0.3 is 21.3 Å². The number of hydrogen-bond donors (Lipinski definition) is 4. The zero-order valence-electron chi connectivity index (χ0n) is 10.4. The van der Waals surface area contributed by atoms with E-state index < -0.39 is 12.5 Å². The summed E-state index contributed by atoms with van der Waals surface area (Å²) in [5.74, 6) is -0.634. The second-order valence-electron chi connectivity index (χ2n) is 3.51. The number of hydrogen-bond acceptors (Lipinski definition) is 4. The predicted octanol–water partition coefficient (Wildman–Crippen LogP) is -0.471. The number of primary amides is 1. The Morgan fingerprint density at radius 2 is 1.76 bits per heavy atom. The summed E-state index contributed by atoms with van der Waals surface area (Å²) in [6.45, 7) is 2.00. The quantitative estimate of drug-likeness (QED) is 0.435. The van der Waals surface area contributed by atoms with Crippen molar-refractivity contribution in [2.24, 2.45) is 5.73 Å². The highest BCUT2D eigenvalue weighted by atomic mass is 16.3. The van der Waals surface area contributed by atoms with Crippen LogP contribution >= 0.6 is 0 Å². The maximum atomic E-state index is 10.9. The Morgan fingerprint density at radius 1 is 1.18 bits per heavy atom. The number of carbonyl (C=O) groups is 2. The van der Waals surface area contributed by atoms with Crippen LogP contribution in [0.25, 0.3) is 0 Å². The van der Waals surface area contributed by atoms with Crippen LogP contribution in [-0.2, 0) is 9.59 Å². The molecule has 0 fully saturated rings. The molecule has 0 unspecified atom stereocenters. The lowest BCUT2D eigenvalue weighted by Crippen LogP contribution is -2.25. The highest BCUT2D eigenvalue weighted by Gasteiger charge is 1.98. The van der Waals surface area contributed by atoms with E-state index in [9.17, 15) is 9.59 Å². The lowest BCUT2D eigenvalue weighted by Gasteiger charge is -2.01. The van der Waals surface area contributed by atoms with Crippen LogP contribution in [0.5, 0.6) is 0 Å². The summed E-state index contributed by atoms with van der Waals surface area (Å²) in [7, 11) is 0. The molecule has 6 nitrogen and oxygen atoms in total. The average molecular weight is 248 g/mol. The third kappa shape index (κ3) is 20.8. The smallest absolute Gasteiger partial charge is 0.243 e. The van der Waals surface area contributed by atoms with Crippen molar-refractivity contribution in [3.8, 4) is 0 Å². The Balaban J connectivity index is 0. The van der Waals surface area contributed by atoms with E-state index in [0.29, 0.717) is 13.0 Å². The van der Waals surface area contributed by atoms with Crippen LogP contribution in [-0.4, -0.2) is 41.8 Å². The SMILES string of the molecule is CCCCCCC(=O)NCCO.NC(=O)CO. The molecule has 0 radical (unpaired) electrons. The molecule has 0 heterocycles. The first-order chi connectivity index (χ1) is 8.08. The maximum Gasteiger partial charge on any atom is 0.243 e. The van der Waals surface area contributed by atoms with Crippen molar-refractivity contribution in [2.75, 3.05) is 19.8 Å². The van der Waals surface area contributed by atoms with Crippen LogP contribution in [0.1, 0.15) is 39.0 Å². The Bertz CT molecular complexity index is 198. The van der Waals surface area contributed by atoms with Crippen molar-refractivity contribution >= 4 is 11.8 Å². The van der Waals surface area contributed by atoms with Gasteiger partial charge in [0, 0.05) is 13.0 Å². The summed E-state index contributed by atoms with van der Waals surface area (Å²) >= 11 is 0. The molecular weight excluding hydrogens is 224 g/mol. The summed E-state index contributed by atoms with van der Waals surface area (Å²) in [5.41, 5.74) is 4.40. The van der Waals surface area contributed by atoms with E-state index >= 15 is 0 Å². The zero-order chi connectivity index (χ0) is 13.5. The van der Waals surface area contributed by atoms with Crippen LogP contribution in [0.4, 0.5) is 0 Å². The normalized spacial score (nSPS) is 9.12. The number of amides is 2. The molecule has 0 aliphatic carbocycles. The molecule has 0 aromatic heterocycles. The van der Waals surface area contributed by atoms with Gasteiger partial charge in [-0.05, 0) is 6.42 Å². The topological polar surface area (TPSA) is 113 Å². The monoisotopic (exact) mass is 248 g/mol. The number of unbranched alkanes of at least 4 members (excludes halogenated alkanes) is 3. The fraction of sp³-hybridized carbons (Fsp3) is 0.818. The third-order valence-corrected chi connectivity index (χ3v) is 1.85. The highest BCUT2D eigenvalue weighted by Crippen LogP contribution is 2.01. The maximum absolute atomic E-state index is 10.9. The number of carbonyl (C=O) groups excluding carboxylic acids is 2. The summed E-state index contributed by atoms with van der Waals surface area (Å²) in [6, 6.07) is 0. The van der Waals surface area contributed by atoms with Gasteiger partial charge in [-0.1, -0.05) is 26.2 Å². The molecule has 0 spiro atoms. The van der Waals surface area contributed by atoms with Crippen molar-refractivity contribution in [3.05, 3.63) is 0 Å². The van der Waals surface area contributed by atoms with E-state index in [4.69, 9.17) is 10.2 Å². The standard InChI is InChI=1S/C9H19NO2.C2H5NO2/c1-2-3-4-5-6-9(12)10-7-8-11;3-2(5)1-4/h11H,2-8H2,1H3,(H,10,12);4H,1H2,(H2,3,5). The summed E-state index contributed by atoms with van der Waals surface area (Å²) < 4.78 is 0. The van der Waals surface area contributed by atoms with Gasteiger partial charge in [-0.25, -0.2) is 0 Å². The lowest BCUT2D eigenvalue weighted by atomic mass is 10.1. The number of aliphatic hydroxyl groups excluding tert-OH is 2. The summed E-state index contributed by atoms with van der Waals surface area (Å²) in [5, 5.41) is 18.7. The molecule has 0 aliphatic rings. The van der Waals surface area contributed by atoms with Gasteiger partial charge in [-0.2, -0.15) is 0 Å². The van der Waals surface area contributed by atoms with E-state index in [-0.39, 0.29) is 12.5 Å². The minimum atomic E-state index is -0.690. The van der Waals surface area contributed by atoms with Gasteiger partial charge in [-0.15, -0.1) is 0 Å². The van der Waals surface area contributed by atoms with Crippen LogP contribution in [0, 0.1) is 0 Å². The molecule has 0 saturated heterocycles. The van der Waals surface area contributed by atoms with Crippen molar-refractivity contribution in [1.29, 1.82) is 0 Å². The van der Waals surface area contributed by atoms with Gasteiger partial charge in [0.15, 0.2) is 0 Å². The predicted molar refractivity (Wildman–Crippen MR) is 65.1 cm³/mol. The Kier molecular flexibility index (Phi) is 15.9. The van der Waals surface area contributed by atoms with Gasteiger partial charge >= 0.3 is 0 Å². The van der Waals surface area contributed by atoms with E-state index in [2.05, 4.69) is 18.0 Å². The Morgan fingerprint density at radius 3 is 2.18 bits per heavy atom. The molecule has 6 heteroatoms. The van der Waals surface area contributed by atoms with Crippen molar-refractivity contribution in [1.82, 2.24) is 5.32 Å². The molecule has 0 saturated carbocycles. The van der Waals surface area contributed by atoms with Crippen molar-refractivity contribution < 1.29 is 19.8 Å². The molecule has 17 heavy (non-hydrogen) atoms. The van der Waals surface area contributed by atoms with E-state index in [0.717, 1.165) is 12.8 Å². The van der Waals surface area contributed by atoms with Crippen LogP contribution in [0.15, 0.2) is 0 Å². The fourth-order valence-electron chi connectivity index (χ4n) is 0.996. The van der Waals surface area contributed by atoms with Gasteiger partial charge in [0.1, 0.15) is 6.61 Å². The van der Waals surface area contributed by atoms with E-state index in [1.54, 1.807) is 0 Å². The van der Waals surface area contributed by atoms with Gasteiger partial charge in [0.05, 0.1) is 6.61 Å². The molecule has 0 aromatic rings. The molecule has 0 rings (SSSR count). The molecule has 0 aromatic carbocycles. The first-order valence-corrected chi connectivity index (χ1v) is 5.85. The van der Waals surface area contributed by atoms with Crippen LogP contribution < -0.4 is 11.1 Å². The van der Waals surface area contributed by atoms with E-state index in [1.807, 2.05) is 0 Å². The molecule has 2 amide bonds. The summed E-state index contributed by atoms with van der Waals surface area (Å²) in [4.78, 5) is 20.3.